The van der Waals surface area contributed by atoms with Gasteiger partial charge in [-0.05, 0) is 0 Å². The molecule has 20 heavy (non-hydrogen) atoms. The minimum Gasteiger partial charge on any atom is -0.394 e. The normalized spacial score (nSPS) is 25.2. The summed E-state index contributed by atoms with van der Waals surface area (Å²) in [6.07, 6.45) is -0.605. The molecule has 108 valence electrons. The molecule has 0 spiro atoms. The Morgan fingerprint density at radius 3 is 3.00 bits per heavy atom. The van der Waals surface area contributed by atoms with Crippen LogP contribution in [0.25, 0.3) is 0 Å². The summed E-state index contributed by atoms with van der Waals surface area (Å²) in [5.74, 6) is 5.86. The van der Waals surface area contributed by atoms with Crippen molar-refractivity contribution in [2.24, 2.45) is 0 Å². The molecule has 0 aliphatic carbocycles. The number of nitrogens with zero attached hydrogens (tertiary/aromatic N) is 2. The van der Waals surface area contributed by atoms with Gasteiger partial charge < -0.3 is 20.7 Å². The number of ether oxygens (including phenoxy) is 1. The molecule has 7 nitrogen and oxygen atoms in total. The molecule has 2 rings (SSSR count). The van der Waals surface area contributed by atoms with Crippen LogP contribution in [0.2, 0.25) is 0 Å². The SMILES string of the molecule is Nc1nc(=O)n([C@H]2CC(O)[C@@H](CO)O2)cc1C#CCS. The van der Waals surface area contributed by atoms with Gasteiger partial charge in [-0.25, -0.2) is 4.79 Å². The third kappa shape index (κ3) is 2.96. The summed E-state index contributed by atoms with van der Waals surface area (Å²) in [7, 11) is 0. The van der Waals surface area contributed by atoms with Crippen LogP contribution in [0.3, 0.4) is 0 Å². The van der Waals surface area contributed by atoms with E-state index in [0.717, 1.165) is 0 Å². The van der Waals surface area contributed by atoms with E-state index in [2.05, 4.69) is 29.5 Å². The first-order chi connectivity index (χ1) is 9.56. The van der Waals surface area contributed by atoms with Gasteiger partial charge in [0, 0.05) is 12.6 Å². The Hall–Kier alpha value is -1.53. The number of rotatable bonds is 2. The summed E-state index contributed by atoms with van der Waals surface area (Å²) in [5.41, 5.74) is 5.43. The monoisotopic (exact) mass is 297 g/mol. The third-order valence-corrected chi connectivity index (χ3v) is 3.14. The number of hydrogen-bond donors (Lipinski definition) is 4. The van der Waals surface area contributed by atoms with Gasteiger partial charge in [0.15, 0.2) is 0 Å². The summed E-state index contributed by atoms with van der Waals surface area (Å²) in [6.45, 7) is -0.318. The standard InChI is InChI=1S/C12H15N3O4S/c13-11-7(2-1-3-20)5-15(12(18)14-11)10-4-8(17)9(6-16)19-10/h5,8-10,16-17,20H,3-4,6H2,(H2,13,14,18)/t8?,9-,10-/m1/s1. The van der Waals surface area contributed by atoms with Crippen LogP contribution in [-0.2, 0) is 4.74 Å². The molecular formula is C12H15N3O4S. The average Bonchev–Trinajstić information content (AvgIpc) is 2.79. The zero-order valence-electron chi connectivity index (χ0n) is 10.6. The van der Waals surface area contributed by atoms with Crippen LogP contribution in [0.5, 0.6) is 0 Å². The van der Waals surface area contributed by atoms with Gasteiger partial charge in [-0.3, -0.25) is 4.57 Å². The number of hydrogen-bond acceptors (Lipinski definition) is 7. The number of anilines is 1. The molecule has 0 amide bonds. The number of aliphatic hydroxyl groups is 2. The van der Waals surface area contributed by atoms with Crippen molar-refractivity contribution in [2.75, 3.05) is 18.1 Å². The highest BCUT2D eigenvalue weighted by Gasteiger charge is 2.35. The lowest BCUT2D eigenvalue weighted by atomic mass is 10.2. The molecule has 3 atom stereocenters. The third-order valence-electron chi connectivity index (χ3n) is 2.98. The van der Waals surface area contributed by atoms with Crippen molar-refractivity contribution in [1.29, 1.82) is 0 Å². The topological polar surface area (TPSA) is 111 Å². The fourth-order valence-electron chi connectivity index (χ4n) is 1.97. The lowest BCUT2D eigenvalue weighted by Gasteiger charge is -2.14. The first-order valence-electron chi connectivity index (χ1n) is 5.99. The quantitative estimate of drug-likeness (QED) is 0.401. The predicted molar refractivity (Wildman–Crippen MR) is 75.3 cm³/mol. The fraction of sp³-hybridized carbons (Fsp3) is 0.500. The van der Waals surface area contributed by atoms with Gasteiger partial charge in [0.25, 0.3) is 0 Å². The van der Waals surface area contributed by atoms with Gasteiger partial charge in [-0.2, -0.15) is 17.6 Å². The van der Waals surface area contributed by atoms with Crippen LogP contribution in [0, 0.1) is 11.8 Å². The summed E-state index contributed by atoms with van der Waals surface area (Å²) in [5, 5.41) is 18.7. The molecule has 0 aromatic carbocycles. The summed E-state index contributed by atoms with van der Waals surface area (Å²) >= 11 is 3.97. The molecule has 8 heteroatoms. The van der Waals surface area contributed by atoms with Gasteiger partial charge in [-0.15, -0.1) is 0 Å². The van der Waals surface area contributed by atoms with E-state index in [1.54, 1.807) is 0 Å². The van der Waals surface area contributed by atoms with Gasteiger partial charge in [0.1, 0.15) is 18.1 Å². The maximum Gasteiger partial charge on any atom is 0.351 e. The lowest BCUT2D eigenvalue weighted by molar-refractivity contribution is -0.0458. The second kappa shape index (κ2) is 6.28. The number of thiol groups is 1. The van der Waals surface area contributed by atoms with Crippen LogP contribution >= 0.6 is 12.6 Å². The number of aliphatic hydroxyl groups excluding tert-OH is 2. The van der Waals surface area contributed by atoms with Crippen LogP contribution < -0.4 is 11.4 Å². The second-order valence-corrected chi connectivity index (χ2v) is 4.62. The molecule has 1 fully saturated rings. The van der Waals surface area contributed by atoms with Crippen molar-refractivity contribution < 1.29 is 14.9 Å². The highest BCUT2D eigenvalue weighted by atomic mass is 32.1. The minimum absolute atomic E-state index is 0.0396. The Morgan fingerprint density at radius 2 is 2.40 bits per heavy atom. The second-order valence-electron chi connectivity index (χ2n) is 4.30. The number of nitrogen functional groups attached to an aromatic ring is 1. The zero-order chi connectivity index (χ0) is 14.7. The van der Waals surface area contributed by atoms with E-state index in [4.69, 9.17) is 15.6 Å². The van der Waals surface area contributed by atoms with E-state index in [-0.39, 0.29) is 18.8 Å². The fourth-order valence-corrected chi connectivity index (χ4v) is 2.05. The Morgan fingerprint density at radius 1 is 1.65 bits per heavy atom. The van der Waals surface area contributed by atoms with E-state index < -0.39 is 24.1 Å². The van der Waals surface area contributed by atoms with Gasteiger partial charge in [0.05, 0.1) is 24.0 Å². The van der Waals surface area contributed by atoms with Crippen molar-refractivity contribution in [1.82, 2.24) is 9.55 Å². The zero-order valence-corrected chi connectivity index (χ0v) is 11.5. The van der Waals surface area contributed by atoms with Gasteiger partial charge >= 0.3 is 5.69 Å². The van der Waals surface area contributed by atoms with Crippen molar-refractivity contribution in [3.8, 4) is 11.8 Å². The Balaban J connectivity index is 2.35. The molecule has 1 aromatic heterocycles. The van der Waals surface area contributed by atoms with Crippen LogP contribution in [0.4, 0.5) is 5.82 Å². The van der Waals surface area contributed by atoms with Crippen molar-refractivity contribution in [3.05, 3.63) is 22.2 Å². The predicted octanol–water partition coefficient (Wildman–Crippen LogP) is -1.25. The maximum atomic E-state index is 11.8. The van der Waals surface area contributed by atoms with E-state index >= 15 is 0 Å². The molecule has 0 saturated carbocycles. The van der Waals surface area contributed by atoms with Gasteiger partial charge in [0.2, 0.25) is 0 Å². The first kappa shape index (κ1) is 14.9. The van der Waals surface area contributed by atoms with Crippen LogP contribution in [0.15, 0.2) is 11.0 Å². The summed E-state index contributed by atoms with van der Waals surface area (Å²) < 4.78 is 6.63. The Bertz CT molecular complexity index is 607. The molecular weight excluding hydrogens is 282 g/mol. The molecule has 1 aliphatic rings. The smallest absolute Gasteiger partial charge is 0.351 e. The van der Waals surface area contributed by atoms with Crippen molar-refractivity contribution in [2.45, 2.75) is 24.9 Å². The molecule has 1 saturated heterocycles. The van der Waals surface area contributed by atoms with E-state index in [1.807, 2.05) is 0 Å². The lowest BCUT2D eigenvalue weighted by Crippen LogP contribution is -2.28. The Kier molecular flexibility index (Phi) is 4.67. The van der Waals surface area contributed by atoms with E-state index in [9.17, 15) is 9.90 Å². The van der Waals surface area contributed by atoms with E-state index in [0.29, 0.717) is 11.3 Å². The average molecular weight is 297 g/mol. The molecule has 1 aromatic rings. The molecule has 0 radical (unpaired) electrons. The van der Waals surface area contributed by atoms with Crippen molar-refractivity contribution >= 4 is 18.4 Å². The largest absolute Gasteiger partial charge is 0.394 e. The molecule has 2 heterocycles. The van der Waals surface area contributed by atoms with Crippen molar-refractivity contribution in [3.63, 3.8) is 0 Å². The molecule has 1 aliphatic heterocycles. The highest BCUT2D eigenvalue weighted by molar-refractivity contribution is 7.80. The maximum absolute atomic E-state index is 11.8. The number of nitrogens with two attached hydrogens (primary N) is 1. The minimum atomic E-state index is -0.832. The molecule has 0 bridgehead atoms. The summed E-state index contributed by atoms with van der Waals surface area (Å²) in [6, 6.07) is 0. The van der Waals surface area contributed by atoms with E-state index in [1.165, 1.54) is 10.8 Å². The highest BCUT2D eigenvalue weighted by Crippen LogP contribution is 2.27. The molecule has 4 N–H and O–H groups in total. The van der Waals surface area contributed by atoms with Gasteiger partial charge in [-0.1, -0.05) is 11.8 Å². The first-order valence-corrected chi connectivity index (χ1v) is 6.62. The van der Waals surface area contributed by atoms with Crippen LogP contribution in [-0.4, -0.2) is 44.3 Å². The Labute approximate surface area is 120 Å². The number of aromatic nitrogens is 2. The molecule has 1 unspecified atom stereocenters. The summed E-state index contributed by atoms with van der Waals surface area (Å²) in [4.78, 5) is 15.5. The van der Waals surface area contributed by atoms with Crippen LogP contribution in [0.1, 0.15) is 18.2 Å².